The number of hydrogen-bond acceptors (Lipinski definition) is 4. The largest absolute Gasteiger partial charge is 0.345 e. The maximum atomic E-state index is 6.38. The molecule has 0 spiro atoms. The molecule has 1 fully saturated rings. The van der Waals surface area contributed by atoms with Gasteiger partial charge in [-0.3, -0.25) is 0 Å². The number of piperazine rings is 1. The summed E-state index contributed by atoms with van der Waals surface area (Å²) in [6.45, 7) is 4.90. The minimum absolute atomic E-state index is 0.682. The Labute approximate surface area is 189 Å². The highest BCUT2D eigenvalue weighted by atomic mass is 35.5. The summed E-state index contributed by atoms with van der Waals surface area (Å²) in [7, 11) is 0. The number of halogens is 2. The first kappa shape index (κ1) is 19.8. The summed E-state index contributed by atoms with van der Waals surface area (Å²) in [5.41, 5.74) is 3.58. The Morgan fingerprint density at radius 1 is 1.00 bits per heavy atom. The van der Waals surface area contributed by atoms with Gasteiger partial charge in [-0.25, -0.2) is 9.97 Å². The molecule has 1 aliphatic rings. The van der Waals surface area contributed by atoms with Crippen molar-refractivity contribution in [3.63, 3.8) is 0 Å². The molecule has 1 saturated heterocycles. The maximum absolute atomic E-state index is 6.38. The molecule has 4 nitrogen and oxygen atoms in total. The van der Waals surface area contributed by atoms with Crippen molar-refractivity contribution >= 4 is 50.6 Å². The fraction of sp³-hybridized carbons (Fsp3) is 0.217. The molecule has 1 N–H and O–H groups in total. The van der Waals surface area contributed by atoms with Crippen LogP contribution >= 0.6 is 34.5 Å². The monoisotopic (exact) mass is 455 g/mol. The number of quaternary nitrogens is 1. The van der Waals surface area contributed by atoms with Gasteiger partial charge in [0.05, 0.1) is 36.6 Å². The van der Waals surface area contributed by atoms with Gasteiger partial charge in [-0.1, -0.05) is 59.6 Å². The number of fused-ring (bicyclic) bond motifs is 1. The number of nitrogens with one attached hydrogen (secondary N) is 1. The molecule has 2 aromatic heterocycles. The standard InChI is InChI=1S/C23H20Cl2N4S/c24-18-7-6-17(20(25)12-18)13-28-8-10-29(11-9-28)22-21-19(16-4-2-1-3-5-16)14-30-23(21)27-15-26-22/h1-7,12,14-15H,8-11,13H2/p+1. The molecule has 1 aliphatic heterocycles. The van der Waals surface area contributed by atoms with E-state index in [1.54, 1.807) is 17.7 Å². The summed E-state index contributed by atoms with van der Waals surface area (Å²) < 4.78 is 0. The van der Waals surface area contributed by atoms with E-state index in [0.29, 0.717) is 5.02 Å². The zero-order chi connectivity index (χ0) is 20.5. The minimum atomic E-state index is 0.682. The zero-order valence-corrected chi connectivity index (χ0v) is 18.6. The second kappa shape index (κ2) is 8.52. The van der Waals surface area contributed by atoms with Crippen LogP contribution in [0.15, 0.2) is 60.2 Å². The van der Waals surface area contributed by atoms with Gasteiger partial charge in [0, 0.05) is 21.5 Å². The molecule has 0 atom stereocenters. The highest BCUT2D eigenvalue weighted by molar-refractivity contribution is 7.17. The molecule has 0 radical (unpaired) electrons. The van der Waals surface area contributed by atoms with Crippen molar-refractivity contribution in [3.8, 4) is 11.1 Å². The van der Waals surface area contributed by atoms with Crippen LogP contribution in [0.4, 0.5) is 5.82 Å². The summed E-state index contributed by atoms with van der Waals surface area (Å²) >= 11 is 14.1. The van der Waals surface area contributed by atoms with Crippen LogP contribution in [0, 0.1) is 0 Å². The van der Waals surface area contributed by atoms with Crippen LogP contribution in [0.25, 0.3) is 21.3 Å². The number of hydrogen-bond donors (Lipinski definition) is 1. The van der Waals surface area contributed by atoms with Gasteiger partial charge in [0.15, 0.2) is 0 Å². The van der Waals surface area contributed by atoms with E-state index in [1.165, 1.54) is 16.0 Å². The lowest BCUT2D eigenvalue weighted by Crippen LogP contribution is -3.13. The van der Waals surface area contributed by atoms with E-state index >= 15 is 0 Å². The van der Waals surface area contributed by atoms with Crippen molar-refractivity contribution in [2.24, 2.45) is 0 Å². The molecule has 0 saturated carbocycles. The molecule has 30 heavy (non-hydrogen) atoms. The van der Waals surface area contributed by atoms with Gasteiger partial charge in [0.2, 0.25) is 0 Å². The van der Waals surface area contributed by atoms with E-state index in [-0.39, 0.29) is 0 Å². The molecule has 7 heteroatoms. The van der Waals surface area contributed by atoms with Crippen LogP contribution in [-0.2, 0) is 6.54 Å². The molecule has 0 aliphatic carbocycles. The SMILES string of the molecule is Clc1ccc(C[NH+]2CCN(c3ncnc4scc(-c5ccccc5)c34)CC2)c(Cl)c1. The van der Waals surface area contributed by atoms with Gasteiger partial charge in [-0.2, -0.15) is 0 Å². The number of nitrogens with zero attached hydrogens (tertiary/aromatic N) is 3. The fourth-order valence-electron chi connectivity index (χ4n) is 4.08. The van der Waals surface area contributed by atoms with Gasteiger partial charge >= 0.3 is 0 Å². The smallest absolute Gasteiger partial charge is 0.141 e. The fourth-order valence-corrected chi connectivity index (χ4v) is 5.46. The molecule has 4 aromatic rings. The van der Waals surface area contributed by atoms with E-state index in [4.69, 9.17) is 28.2 Å². The number of rotatable bonds is 4. The molecule has 0 amide bonds. The third-order valence-electron chi connectivity index (χ3n) is 5.66. The normalized spacial score (nSPS) is 15.1. The Morgan fingerprint density at radius 2 is 1.80 bits per heavy atom. The molecular weight excluding hydrogens is 435 g/mol. The summed E-state index contributed by atoms with van der Waals surface area (Å²) in [6.07, 6.45) is 1.69. The van der Waals surface area contributed by atoms with E-state index < -0.39 is 0 Å². The molecule has 3 heterocycles. The molecule has 152 valence electrons. The lowest BCUT2D eigenvalue weighted by atomic mass is 10.1. The van der Waals surface area contributed by atoms with Gasteiger partial charge < -0.3 is 9.80 Å². The lowest BCUT2D eigenvalue weighted by molar-refractivity contribution is -0.914. The van der Waals surface area contributed by atoms with E-state index in [2.05, 4.69) is 39.5 Å². The van der Waals surface area contributed by atoms with Gasteiger partial charge in [-0.05, 0) is 17.7 Å². The average Bonchev–Trinajstić information content (AvgIpc) is 3.21. The first-order valence-electron chi connectivity index (χ1n) is 9.99. The number of anilines is 1. The molecule has 2 aromatic carbocycles. The van der Waals surface area contributed by atoms with Crippen molar-refractivity contribution in [2.45, 2.75) is 6.54 Å². The lowest BCUT2D eigenvalue weighted by Gasteiger charge is -2.33. The topological polar surface area (TPSA) is 33.5 Å². The Bertz CT molecular complexity index is 1170. The summed E-state index contributed by atoms with van der Waals surface area (Å²) in [5, 5.41) is 4.79. The zero-order valence-electron chi connectivity index (χ0n) is 16.3. The van der Waals surface area contributed by atoms with E-state index in [1.807, 2.05) is 24.3 Å². The first-order valence-corrected chi connectivity index (χ1v) is 11.6. The van der Waals surface area contributed by atoms with Crippen molar-refractivity contribution in [1.29, 1.82) is 0 Å². The quantitative estimate of drug-likeness (QED) is 0.489. The first-order chi connectivity index (χ1) is 14.7. The highest BCUT2D eigenvalue weighted by Crippen LogP contribution is 2.37. The summed E-state index contributed by atoms with van der Waals surface area (Å²) in [4.78, 5) is 14.2. The molecule has 0 bridgehead atoms. The predicted molar refractivity (Wildman–Crippen MR) is 126 cm³/mol. The second-order valence-electron chi connectivity index (χ2n) is 7.54. The van der Waals surface area contributed by atoms with Gasteiger partial charge in [0.25, 0.3) is 0 Å². The van der Waals surface area contributed by atoms with Crippen molar-refractivity contribution in [3.05, 3.63) is 75.8 Å². The van der Waals surface area contributed by atoms with Gasteiger partial charge in [-0.15, -0.1) is 11.3 Å². The predicted octanol–water partition coefficient (Wildman–Crippen LogP) is 4.57. The van der Waals surface area contributed by atoms with Crippen LogP contribution in [0.5, 0.6) is 0 Å². The van der Waals surface area contributed by atoms with Crippen LogP contribution in [-0.4, -0.2) is 36.1 Å². The minimum Gasteiger partial charge on any atom is -0.345 e. The third-order valence-corrected chi connectivity index (χ3v) is 7.13. The average molecular weight is 456 g/mol. The molecule has 0 unspecified atom stereocenters. The Morgan fingerprint density at radius 3 is 2.57 bits per heavy atom. The van der Waals surface area contributed by atoms with Crippen LogP contribution in [0.2, 0.25) is 10.0 Å². The maximum Gasteiger partial charge on any atom is 0.141 e. The number of aromatic nitrogens is 2. The Hall–Kier alpha value is -2.18. The highest BCUT2D eigenvalue weighted by Gasteiger charge is 2.25. The number of thiophene rings is 1. The Kier molecular flexibility index (Phi) is 5.61. The van der Waals surface area contributed by atoms with Crippen molar-refractivity contribution < 1.29 is 4.90 Å². The van der Waals surface area contributed by atoms with E-state index in [0.717, 1.165) is 59.3 Å². The van der Waals surface area contributed by atoms with Crippen LogP contribution in [0.3, 0.4) is 0 Å². The van der Waals surface area contributed by atoms with Crippen molar-refractivity contribution in [1.82, 2.24) is 9.97 Å². The van der Waals surface area contributed by atoms with Crippen LogP contribution in [0.1, 0.15) is 5.56 Å². The molecule has 5 rings (SSSR count). The summed E-state index contributed by atoms with van der Waals surface area (Å²) in [6, 6.07) is 16.3. The molecular formula is C23H21Cl2N4S+. The van der Waals surface area contributed by atoms with Crippen LogP contribution < -0.4 is 9.80 Å². The summed E-state index contributed by atoms with van der Waals surface area (Å²) in [5.74, 6) is 1.05. The van der Waals surface area contributed by atoms with E-state index in [9.17, 15) is 0 Å². The number of benzene rings is 2. The Balaban J connectivity index is 1.37. The second-order valence-corrected chi connectivity index (χ2v) is 9.24. The van der Waals surface area contributed by atoms with Gasteiger partial charge in [0.1, 0.15) is 23.5 Å². The van der Waals surface area contributed by atoms with Crippen molar-refractivity contribution in [2.75, 3.05) is 31.1 Å². The third kappa shape index (κ3) is 3.91.